The molecule has 4 heteroatoms. The fraction of sp³-hybridized carbons (Fsp3) is 0.0588. The topological polar surface area (TPSA) is 43.9 Å². The molecule has 1 atom stereocenters. The third-order valence-electron chi connectivity index (χ3n) is 3.60. The Hall–Kier alpha value is -2.88. The van der Waals surface area contributed by atoms with Crippen LogP contribution in [0.2, 0.25) is 0 Å². The molecule has 21 heavy (non-hydrogen) atoms. The van der Waals surface area contributed by atoms with Gasteiger partial charge in [0.2, 0.25) is 0 Å². The fourth-order valence-corrected chi connectivity index (χ4v) is 2.65. The molecule has 0 spiro atoms. The summed E-state index contributed by atoms with van der Waals surface area (Å²) >= 11 is 0. The van der Waals surface area contributed by atoms with Crippen molar-refractivity contribution in [1.82, 2.24) is 14.5 Å². The molecular weight excluding hydrogens is 262 g/mol. The number of fused-ring (bicyclic) bond motifs is 1. The highest BCUT2D eigenvalue weighted by atomic mass is 16.3. The van der Waals surface area contributed by atoms with Crippen molar-refractivity contribution in [3.8, 4) is 0 Å². The van der Waals surface area contributed by atoms with E-state index in [9.17, 15) is 0 Å². The predicted octanol–water partition coefficient (Wildman–Crippen LogP) is 3.66. The highest BCUT2D eigenvalue weighted by Crippen LogP contribution is 2.30. The smallest absolute Gasteiger partial charge is 0.135 e. The number of rotatable bonds is 3. The van der Waals surface area contributed by atoms with Gasteiger partial charge in [-0.15, -0.1) is 0 Å². The van der Waals surface area contributed by atoms with E-state index in [-0.39, 0.29) is 6.04 Å². The lowest BCUT2D eigenvalue weighted by molar-refractivity contribution is 0.457. The standard InChI is InChI=1S/C17H13N3O/c1-2-5-14-13(4-1)7-8-19-16(14)17(15-6-3-11-21-15)20-10-9-18-12-20/h1-12,17H. The second-order valence-corrected chi connectivity index (χ2v) is 4.85. The van der Waals surface area contributed by atoms with E-state index in [1.54, 1.807) is 18.8 Å². The van der Waals surface area contributed by atoms with Gasteiger partial charge < -0.3 is 8.98 Å². The van der Waals surface area contributed by atoms with Crippen LogP contribution in [-0.2, 0) is 0 Å². The second-order valence-electron chi connectivity index (χ2n) is 4.85. The Morgan fingerprint density at radius 1 is 1.00 bits per heavy atom. The Balaban J connectivity index is 1.98. The average molecular weight is 275 g/mol. The van der Waals surface area contributed by atoms with Crippen molar-refractivity contribution in [1.29, 1.82) is 0 Å². The maximum atomic E-state index is 5.63. The van der Waals surface area contributed by atoms with E-state index in [0.29, 0.717) is 0 Å². The molecule has 0 bridgehead atoms. The van der Waals surface area contributed by atoms with Crippen molar-refractivity contribution >= 4 is 10.8 Å². The molecule has 0 aliphatic rings. The molecule has 0 aliphatic heterocycles. The van der Waals surface area contributed by atoms with E-state index in [2.05, 4.69) is 22.1 Å². The number of hydrogen-bond acceptors (Lipinski definition) is 3. The number of hydrogen-bond donors (Lipinski definition) is 0. The summed E-state index contributed by atoms with van der Waals surface area (Å²) in [6.07, 6.45) is 9.00. The van der Waals surface area contributed by atoms with Gasteiger partial charge in [-0.1, -0.05) is 24.3 Å². The molecule has 3 aromatic heterocycles. The van der Waals surface area contributed by atoms with Crippen LogP contribution in [0.15, 0.2) is 78.1 Å². The lowest BCUT2D eigenvalue weighted by Gasteiger charge is -2.17. The van der Waals surface area contributed by atoms with Crippen LogP contribution in [0, 0.1) is 0 Å². The molecule has 4 nitrogen and oxygen atoms in total. The third kappa shape index (κ3) is 2.01. The highest BCUT2D eigenvalue weighted by molar-refractivity contribution is 5.85. The van der Waals surface area contributed by atoms with Crippen molar-refractivity contribution in [3.63, 3.8) is 0 Å². The molecule has 0 saturated carbocycles. The Kier molecular flexibility index (Phi) is 2.78. The molecule has 102 valence electrons. The second kappa shape index (κ2) is 4.90. The molecule has 0 N–H and O–H groups in total. The molecule has 4 aromatic rings. The molecule has 1 unspecified atom stereocenters. The van der Waals surface area contributed by atoms with Crippen LogP contribution in [-0.4, -0.2) is 14.5 Å². The number of pyridine rings is 1. The van der Waals surface area contributed by atoms with E-state index in [1.807, 2.05) is 47.3 Å². The van der Waals surface area contributed by atoms with Crippen molar-refractivity contribution < 1.29 is 4.42 Å². The van der Waals surface area contributed by atoms with Gasteiger partial charge >= 0.3 is 0 Å². The maximum absolute atomic E-state index is 5.63. The quantitative estimate of drug-likeness (QED) is 0.573. The van der Waals surface area contributed by atoms with Crippen LogP contribution in [0.3, 0.4) is 0 Å². The zero-order valence-electron chi connectivity index (χ0n) is 11.3. The first kappa shape index (κ1) is 11.9. The fourth-order valence-electron chi connectivity index (χ4n) is 2.65. The molecule has 0 amide bonds. The minimum absolute atomic E-state index is 0.117. The summed E-state index contributed by atoms with van der Waals surface area (Å²) in [7, 11) is 0. The van der Waals surface area contributed by atoms with Crippen LogP contribution < -0.4 is 0 Å². The number of benzene rings is 1. The first-order valence-corrected chi connectivity index (χ1v) is 6.78. The van der Waals surface area contributed by atoms with Crippen LogP contribution >= 0.6 is 0 Å². The summed E-state index contributed by atoms with van der Waals surface area (Å²) in [6.45, 7) is 0. The highest BCUT2D eigenvalue weighted by Gasteiger charge is 2.22. The van der Waals surface area contributed by atoms with Crippen LogP contribution in [0.5, 0.6) is 0 Å². The maximum Gasteiger partial charge on any atom is 0.135 e. The van der Waals surface area contributed by atoms with Gasteiger partial charge in [0.15, 0.2) is 0 Å². The third-order valence-corrected chi connectivity index (χ3v) is 3.60. The minimum Gasteiger partial charge on any atom is -0.467 e. The van der Waals surface area contributed by atoms with Crippen molar-refractivity contribution in [2.75, 3.05) is 0 Å². The SMILES string of the molecule is c1coc(C(c2nccc3ccccc23)n2ccnc2)c1. The van der Waals surface area contributed by atoms with Crippen molar-refractivity contribution in [2.24, 2.45) is 0 Å². The minimum atomic E-state index is -0.117. The largest absolute Gasteiger partial charge is 0.467 e. The van der Waals surface area contributed by atoms with E-state index < -0.39 is 0 Å². The van der Waals surface area contributed by atoms with Gasteiger partial charge in [0.05, 0.1) is 18.3 Å². The number of aromatic nitrogens is 3. The normalized spacial score (nSPS) is 12.6. The zero-order chi connectivity index (χ0) is 14.1. The summed E-state index contributed by atoms with van der Waals surface area (Å²) in [5, 5.41) is 2.29. The van der Waals surface area contributed by atoms with Gasteiger partial charge in [-0.2, -0.15) is 0 Å². The molecule has 4 rings (SSSR count). The van der Waals surface area contributed by atoms with E-state index in [0.717, 1.165) is 16.8 Å². The first-order valence-electron chi connectivity index (χ1n) is 6.78. The van der Waals surface area contributed by atoms with Gasteiger partial charge in [-0.05, 0) is 23.6 Å². The number of nitrogens with zero attached hydrogens (tertiary/aromatic N) is 3. The molecule has 0 fully saturated rings. The monoisotopic (exact) mass is 275 g/mol. The van der Waals surface area contributed by atoms with Crippen LogP contribution in [0.25, 0.3) is 10.8 Å². The lowest BCUT2D eigenvalue weighted by atomic mass is 10.0. The van der Waals surface area contributed by atoms with E-state index in [4.69, 9.17) is 4.42 Å². The van der Waals surface area contributed by atoms with Gasteiger partial charge in [-0.25, -0.2) is 4.98 Å². The van der Waals surface area contributed by atoms with Crippen LogP contribution in [0.1, 0.15) is 17.5 Å². The molecule has 0 saturated heterocycles. The van der Waals surface area contributed by atoms with Gasteiger partial charge in [0.25, 0.3) is 0 Å². The summed E-state index contributed by atoms with van der Waals surface area (Å²) in [6, 6.07) is 14.0. The molecule has 3 heterocycles. The Morgan fingerprint density at radius 3 is 2.76 bits per heavy atom. The number of imidazole rings is 1. The van der Waals surface area contributed by atoms with E-state index in [1.165, 1.54) is 5.39 Å². The molecule has 0 aliphatic carbocycles. The van der Waals surface area contributed by atoms with Crippen LogP contribution in [0.4, 0.5) is 0 Å². The summed E-state index contributed by atoms with van der Waals surface area (Å²) < 4.78 is 7.64. The predicted molar refractivity (Wildman–Crippen MR) is 79.9 cm³/mol. The lowest BCUT2D eigenvalue weighted by Crippen LogP contribution is -2.12. The van der Waals surface area contributed by atoms with E-state index >= 15 is 0 Å². The van der Waals surface area contributed by atoms with Gasteiger partial charge in [0.1, 0.15) is 11.8 Å². The van der Waals surface area contributed by atoms with Gasteiger partial charge in [0, 0.05) is 24.0 Å². The summed E-state index contributed by atoms with van der Waals surface area (Å²) in [5.41, 5.74) is 0.959. The number of furan rings is 1. The Morgan fingerprint density at radius 2 is 1.95 bits per heavy atom. The first-order chi connectivity index (χ1) is 10.4. The van der Waals surface area contributed by atoms with Crippen molar-refractivity contribution in [3.05, 3.63) is 85.1 Å². The average Bonchev–Trinajstić information content (AvgIpc) is 3.22. The molecular formula is C17H13N3O. The Bertz CT molecular complexity index is 811. The molecule has 1 aromatic carbocycles. The summed E-state index contributed by atoms with van der Waals surface area (Å²) in [4.78, 5) is 8.76. The van der Waals surface area contributed by atoms with Gasteiger partial charge in [-0.3, -0.25) is 4.98 Å². The summed E-state index contributed by atoms with van der Waals surface area (Å²) in [5.74, 6) is 0.844. The molecule has 0 radical (unpaired) electrons. The van der Waals surface area contributed by atoms with Crippen molar-refractivity contribution in [2.45, 2.75) is 6.04 Å². The zero-order valence-corrected chi connectivity index (χ0v) is 11.3. The Labute approximate surface area is 121 Å².